The normalized spacial score (nSPS) is 18.2. The number of para-hydroxylation sites is 1. The monoisotopic (exact) mass is 542 g/mol. The lowest BCUT2D eigenvalue weighted by molar-refractivity contribution is -0.137. The molecule has 1 saturated heterocycles. The Bertz CT molecular complexity index is 1660. The van der Waals surface area contributed by atoms with E-state index in [1.807, 2.05) is 18.2 Å². The molecule has 2 heterocycles. The molecule has 3 aromatic carbocycles. The first kappa shape index (κ1) is 25.9. The maximum absolute atomic E-state index is 15.6. The van der Waals surface area contributed by atoms with Crippen LogP contribution >= 0.6 is 0 Å². The van der Waals surface area contributed by atoms with Crippen molar-refractivity contribution in [1.82, 2.24) is 14.7 Å². The SMILES string of the molecule is CC(=O)c1nn(CC(=O)N2C[C@H](F)C[C@H]2C(=O)Nc2cccc(-c3ccc4c(c3)CCC4)c2F)c2ccccc12. The molecule has 4 aromatic rings. The van der Waals surface area contributed by atoms with E-state index < -0.39 is 29.8 Å². The van der Waals surface area contributed by atoms with Crippen molar-refractivity contribution in [2.45, 2.75) is 51.4 Å². The molecule has 1 fully saturated rings. The molecule has 0 spiro atoms. The standard InChI is InChI=1S/C31H28F2N4O3/c1-18(38)30-24-8-2-3-11-26(24)37(35-30)17-28(39)36-16-22(32)15-27(36)31(40)34-25-10-5-9-23(29(25)33)21-13-12-19-6-4-7-20(19)14-21/h2-3,5,8-14,22,27H,4,6-7,15-17H2,1H3,(H,34,40)/t22-,27+/m1/s1. The largest absolute Gasteiger partial charge is 0.326 e. The van der Waals surface area contributed by atoms with Crippen molar-refractivity contribution in [3.8, 4) is 11.1 Å². The Labute approximate surface area is 229 Å². The van der Waals surface area contributed by atoms with E-state index in [2.05, 4.69) is 10.4 Å². The molecule has 7 nitrogen and oxygen atoms in total. The van der Waals surface area contributed by atoms with Crippen LogP contribution in [0, 0.1) is 5.82 Å². The number of Topliss-reactive ketones (excluding diaryl/α,β-unsaturated/α-hetero) is 1. The summed E-state index contributed by atoms with van der Waals surface area (Å²) in [5.41, 5.74) is 4.38. The molecule has 2 amide bonds. The third-order valence-electron chi connectivity index (χ3n) is 7.82. The Kier molecular flexibility index (Phi) is 6.65. The molecule has 40 heavy (non-hydrogen) atoms. The number of fused-ring (bicyclic) bond motifs is 2. The van der Waals surface area contributed by atoms with E-state index in [1.54, 1.807) is 36.4 Å². The molecule has 1 aliphatic carbocycles. The van der Waals surface area contributed by atoms with Crippen LogP contribution < -0.4 is 5.32 Å². The van der Waals surface area contributed by atoms with E-state index in [9.17, 15) is 18.8 Å². The maximum Gasteiger partial charge on any atom is 0.247 e. The number of aryl methyl sites for hydroxylation is 2. The summed E-state index contributed by atoms with van der Waals surface area (Å²) in [4.78, 5) is 39.8. The van der Waals surface area contributed by atoms with Crippen LogP contribution in [0.4, 0.5) is 14.5 Å². The van der Waals surface area contributed by atoms with Gasteiger partial charge in [0.25, 0.3) is 0 Å². The number of nitrogens with one attached hydrogen (secondary N) is 1. The minimum atomic E-state index is -1.40. The number of alkyl halides is 1. The minimum absolute atomic E-state index is 0.0260. The second-order valence-electron chi connectivity index (χ2n) is 10.5. The first-order chi connectivity index (χ1) is 19.3. The Hall–Kier alpha value is -4.40. The highest BCUT2D eigenvalue weighted by Gasteiger charge is 2.40. The molecule has 9 heteroatoms. The zero-order valence-electron chi connectivity index (χ0n) is 22.0. The summed E-state index contributed by atoms with van der Waals surface area (Å²) in [5.74, 6) is -2.00. The van der Waals surface area contributed by atoms with Crippen molar-refractivity contribution >= 4 is 34.2 Å². The molecule has 0 unspecified atom stereocenters. The quantitative estimate of drug-likeness (QED) is 0.343. The number of ketones is 1. The number of aromatic nitrogens is 2. The Balaban J connectivity index is 1.22. The molecular weight excluding hydrogens is 514 g/mol. The fourth-order valence-electron chi connectivity index (χ4n) is 5.84. The minimum Gasteiger partial charge on any atom is -0.326 e. The molecule has 204 valence electrons. The van der Waals surface area contributed by atoms with Crippen molar-refractivity contribution in [3.05, 3.63) is 83.3 Å². The number of rotatable bonds is 6. The van der Waals surface area contributed by atoms with Crippen molar-refractivity contribution in [2.75, 3.05) is 11.9 Å². The molecular formula is C31H28F2N4O3. The Morgan fingerprint density at radius 2 is 1.82 bits per heavy atom. The molecule has 2 aliphatic rings. The molecule has 0 bridgehead atoms. The summed E-state index contributed by atoms with van der Waals surface area (Å²) in [6.45, 7) is 0.869. The van der Waals surface area contributed by atoms with Gasteiger partial charge in [-0.25, -0.2) is 8.78 Å². The van der Waals surface area contributed by atoms with Crippen molar-refractivity contribution in [3.63, 3.8) is 0 Å². The average molecular weight is 543 g/mol. The number of carbonyl (C=O) groups excluding carboxylic acids is 3. The molecule has 0 radical (unpaired) electrons. The number of nitrogens with zero attached hydrogens (tertiary/aromatic N) is 3. The van der Waals surface area contributed by atoms with E-state index >= 15 is 4.39 Å². The number of halogens is 2. The summed E-state index contributed by atoms with van der Waals surface area (Å²) in [7, 11) is 0. The van der Waals surface area contributed by atoms with Crippen LogP contribution in [0.5, 0.6) is 0 Å². The zero-order chi connectivity index (χ0) is 28.0. The first-order valence-corrected chi connectivity index (χ1v) is 13.4. The predicted octanol–water partition coefficient (Wildman–Crippen LogP) is 5.11. The number of likely N-dealkylation sites (tertiary alicyclic amines) is 1. The van der Waals surface area contributed by atoms with Gasteiger partial charge in [-0.3, -0.25) is 19.1 Å². The molecule has 1 N–H and O–H groups in total. The van der Waals surface area contributed by atoms with Crippen LogP contribution in [0.3, 0.4) is 0 Å². The van der Waals surface area contributed by atoms with E-state index in [4.69, 9.17) is 0 Å². The summed E-state index contributed by atoms with van der Waals surface area (Å²) in [6, 6.07) is 16.6. The van der Waals surface area contributed by atoms with Crippen LogP contribution in [0.2, 0.25) is 0 Å². The number of amides is 2. The van der Waals surface area contributed by atoms with Gasteiger partial charge in [0.2, 0.25) is 11.8 Å². The predicted molar refractivity (Wildman–Crippen MR) is 147 cm³/mol. The third kappa shape index (κ3) is 4.65. The van der Waals surface area contributed by atoms with Gasteiger partial charge in [-0.1, -0.05) is 48.5 Å². The highest BCUT2D eigenvalue weighted by atomic mass is 19.1. The molecule has 1 aromatic heterocycles. The average Bonchev–Trinajstić information content (AvgIpc) is 3.66. The molecule has 6 rings (SSSR count). The lowest BCUT2D eigenvalue weighted by Crippen LogP contribution is -2.44. The van der Waals surface area contributed by atoms with Gasteiger partial charge in [0.1, 0.15) is 24.5 Å². The van der Waals surface area contributed by atoms with Crippen LogP contribution in [0.1, 0.15) is 41.4 Å². The van der Waals surface area contributed by atoms with Gasteiger partial charge in [-0.05, 0) is 48.1 Å². The second-order valence-corrected chi connectivity index (χ2v) is 10.5. The van der Waals surface area contributed by atoms with Crippen LogP contribution in [-0.4, -0.2) is 51.0 Å². The van der Waals surface area contributed by atoms with Gasteiger partial charge in [-0.15, -0.1) is 0 Å². The van der Waals surface area contributed by atoms with Crippen LogP contribution in [0.15, 0.2) is 60.7 Å². The smallest absolute Gasteiger partial charge is 0.247 e. The van der Waals surface area contributed by atoms with E-state index in [0.29, 0.717) is 16.5 Å². The fraction of sp³-hybridized carbons (Fsp3) is 0.290. The topological polar surface area (TPSA) is 84.3 Å². The molecule has 1 aliphatic heterocycles. The van der Waals surface area contributed by atoms with Crippen molar-refractivity contribution in [2.24, 2.45) is 0 Å². The van der Waals surface area contributed by atoms with Crippen LogP contribution in [-0.2, 0) is 29.0 Å². The summed E-state index contributed by atoms with van der Waals surface area (Å²) in [5, 5.41) is 7.51. The lowest BCUT2D eigenvalue weighted by Gasteiger charge is -2.24. The maximum atomic E-state index is 15.6. The van der Waals surface area contributed by atoms with E-state index in [-0.39, 0.29) is 36.7 Å². The third-order valence-corrected chi connectivity index (χ3v) is 7.82. The number of carbonyl (C=O) groups is 3. The lowest BCUT2D eigenvalue weighted by atomic mass is 9.99. The first-order valence-electron chi connectivity index (χ1n) is 13.4. The highest BCUT2D eigenvalue weighted by Crippen LogP contribution is 2.32. The van der Waals surface area contributed by atoms with Gasteiger partial charge in [0.05, 0.1) is 17.7 Å². The number of benzene rings is 3. The zero-order valence-corrected chi connectivity index (χ0v) is 22.0. The Morgan fingerprint density at radius 3 is 2.65 bits per heavy atom. The highest BCUT2D eigenvalue weighted by molar-refractivity contribution is 6.05. The summed E-state index contributed by atoms with van der Waals surface area (Å²) < 4.78 is 31.5. The molecule has 0 saturated carbocycles. The van der Waals surface area contributed by atoms with Crippen LogP contribution in [0.25, 0.3) is 22.0 Å². The summed E-state index contributed by atoms with van der Waals surface area (Å²) in [6.07, 6.45) is 1.47. The van der Waals surface area contributed by atoms with Gasteiger partial charge < -0.3 is 10.2 Å². The van der Waals surface area contributed by atoms with E-state index in [1.165, 1.54) is 33.7 Å². The summed E-state index contributed by atoms with van der Waals surface area (Å²) >= 11 is 0. The number of hydrogen-bond acceptors (Lipinski definition) is 4. The van der Waals surface area contributed by atoms with Gasteiger partial charge in [0.15, 0.2) is 11.6 Å². The fourth-order valence-corrected chi connectivity index (χ4v) is 5.84. The van der Waals surface area contributed by atoms with Gasteiger partial charge in [-0.2, -0.15) is 5.10 Å². The van der Waals surface area contributed by atoms with Crippen molar-refractivity contribution in [1.29, 1.82) is 0 Å². The molecule has 2 atom stereocenters. The van der Waals surface area contributed by atoms with Gasteiger partial charge in [0, 0.05) is 24.3 Å². The Morgan fingerprint density at radius 1 is 1.02 bits per heavy atom. The number of anilines is 1. The second kappa shape index (κ2) is 10.3. The van der Waals surface area contributed by atoms with Crippen molar-refractivity contribution < 1.29 is 23.2 Å². The van der Waals surface area contributed by atoms with Gasteiger partial charge >= 0.3 is 0 Å². The number of hydrogen-bond donors (Lipinski definition) is 1. The van der Waals surface area contributed by atoms with E-state index in [0.717, 1.165) is 24.8 Å².